The molecule has 0 spiro atoms. The van der Waals surface area contributed by atoms with Gasteiger partial charge in [0.2, 0.25) is 0 Å². The fourth-order valence-electron chi connectivity index (χ4n) is 1.91. The number of aryl methyl sites for hydroxylation is 1. The van der Waals surface area contributed by atoms with E-state index in [1.54, 1.807) is 6.92 Å². The lowest BCUT2D eigenvalue weighted by Crippen LogP contribution is -2.29. The van der Waals surface area contributed by atoms with Crippen LogP contribution >= 0.6 is 0 Å². The molecule has 4 N–H and O–H groups in total. The smallest absolute Gasteiger partial charge is 0.351 e. The van der Waals surface area contributed by atoms with Gasteiger partial charge in [-0.2, -0.15) is 4.98 Å². The number of halogens is 1. The minimum absolute atomic E-state index is 0.0734. The van der Waals surface area contributed by atoms with Crippen LogP contribution < -0.4 is 11.4 Å². The first-order chi connectivity index (χ1) is 8.99. The summed E-state index contributed by atoms with van der Waals surface area (Å²) in [6.45, 7) is 1.14. The Balaban J connectivity index is 2.47. The highest BCUT2D eigenvalue weighted by atomic mass is 19.1. The van der Waals surface area contributed by atoms with Crippen LogP contribution in [0.4, 0.5) is 10.2 Å². The number of nitrogen functional groups attached to an aromatic ring is 1. The lowest BCUT2D eigenvalue weighted by Gasteiger charge is -2.15. The summed E-state index contributed by atoms with van der Waals surface area (Å²) in [6, 6.07) is 0. The zero-order valence-corrected chi connectivity index (χ0v) is 10.2. The molecule has 7 nitrogen and oxygen atoms in total. The van der Waals surface area contributed by atoms with Crippen molar-refractivity contribution in [3.05, 3.63) is 34.1 Å². The molecule has 8 heteroatoms. The van der Waals surface area contributed by atoms with Crippen molar-refractivity contribution in [2.24, 2.45) is 0 Å². The van der Waals surface area contributed by atoms with E-state index in [1.807, 2.05) is 0 Å². The standard InChI is InChI=1S/C11H14FN3O4/c1-5-3-15(11(18)14-9(5)13)10-6(2-12)8(17)7(4-16)19-10/h2-3,7-8,10,16-17H,4H2,1H3,(H2,13,14,18). The highest BCUT2D eigenvalue weighted by molar-refractivity contribution is 5.35. The second kappa shape index (κ2) is 5.08. The van der Waals surface area contributed by atoms with Crippen molar-refractivity contribution in [2.75, 3.05) is 12.3 Å². The van der Waals surface area contributed by atoms with Gasteiger partial charge in [-0.15, -0.1) is 0 Å². The molecular formula is C11H14FN3O4. The number of aromatic nitrogens is 2. The van der Waals surface area contributed by atoms with Crippen LogP contribution in [0.5, 0.6) is 0 Å². The van der Waals surface area contributed by atoms with E-state index in [0.29, 0.717) is 5.56 Å². The molecule has 0 saturated carbocycles. The van der Waals surface area contributed by atoms with Gasteiger partial charge in [0, 0.05) is 17.3 Å². The maximum absolute atomic E-state index is 12.9. The fraction of sp³-hybridized carbons (Fsp3) is 0.455. The Morgan fingerprint density at radius 2 is 2.37 bits per heavy atom. The van der Waals surface area contributed by atoms with Crippen molar-refractivity contribution in [1.82, 2.24) is 9.55 Å². The van der Waals surface area contributed by atoms with Crippen molar-refractivity contribution in [2.45, 2.75) is 25.4 Å². The Morgan fingerprint density at radius 3 is 2.95 bits per heavy atom. The molecule has 0 radical (unpaired) electrons. The minimum Gasteiger partial charge on any atom is -0.394 e. The quantitative estimate of drug-likeness (QED) is 0.652. The number of hydrogen-bond donors (Lipinski definition) is 3. The van der Waals surface area contributed by atoms with Crippen molar-refractivity contribution < 1.29 is 19.3 Å². The number of nitrogens with zero attached hydrogens (tertiary/aromatic N) is 2. The van der Waals surface area contributed by atoms with Crippen LogP contribution in [0.25, 0.3) is 0 Å². The molecule has 19 heavy (non-hydrogen) atoms. The first-order valence-corrected chi connectivity index (χ1v) is 5.59. The molecule has 1 aromatic rings. The van der Waals surface area contributed by atoms with E-state index < -0.39 is 30.7 Å². The number of aliphatic hydroxyl groups is 2. The third-order valence-corrected chi connectivity index (χ3v) is 3.01. The minimum atomic E-state index is -1.32. The molecule has 0 amide bonds. The van der Waals surface area contributed by atoms with Gasteiger partial charge in [-0.1, -0.05) is 0 Å². The third kappa shape index (κ3) is 2.25. The number of aliphatic hydroxyl groups excluding tert-OH is 2. The molecule has 3 atom stereocenters. The Labute approximate surface area is 107 Å². The molecule has 1 fully saturated rings. The van der Waals surface area contributed by atoms with Gasteiger partial charge in [-0.25, -0.2) is 9.18 Å². The first kappa shape index (κ1) is 13.7. The molecule has 1 aliphatic heterocycles. The van der Waals surface area contributed by atoms with E-state index in [9.17, 15) is 14.3 Å². The fourth-order valence-corrected chi connectivity index (χ4v) is 1.91. The number of nitrogens with two attached hydrogens (primary N) is 1. The lowest BCUT2D eigenvalue weighted by molar-refractivity contribution is -0.0447. The highest BCUT2D eigenvalue weighted by Gasteiger charge is 2.40. The summed E-state index contributed by atoms with van der Waals surface area (Å²) < 4.78 is 19.1. The van der Waals surface area contributed by atoms with Gasteiger partial charge in [0.1, 0.15) is 18.0 Å². The predicted molar refractivity (Wildman–Crippen MR) is 63.8 cm³/mol. The maximum Gasteiger partial charge on any atom is 0.351 e. The van der Waals surface area contributed by atoms with Gasteiger partial charge < -0.3 is 20.7 Å². The van der Waals surface area contributed by atoms with E-state index in [4.69, 9.17) is 15.6 Å². The third-order valence-electron chi connectivity index (χ3n) is 3.01. The number of hydrogen-bond acceptors (Lipinski definition) is 6. The Hall–Kier alpha value is -1.77. The lowest BCUT2D eigenvalue weighted by atomic mass is 10.1. The summed E-state index contributed by atoms with van der Waals surface area (Å²) in [5.41, 5.74) is 5.14. The van der Waals surface area contributed by atoms with Crippen LogP contribution in [0.15, 0.2) is 22.9 Å². The Morgan fingerprint density at radius 1 is 1.68 bits per heavy atom. The molecule has 104 valence electrons. The van der Waals surface area contributed by atoms with Crippen molar-refractivity contribution >= 4 is 5.82 Å². The largest absolute Gasteiger partial charge is 0.394 e. The van der Waals surface area contributed by atoms with E-state index in [1.165, 1.54) is 6.20 Å². The maximum atomic E-state index is 12.9. The van der Waals surface area contributed by atoms with Crippen LogP contribution in [0.1, 0.15) is 11.8 Å². The second-order valence-corrected chi connectivity index (χ2v) is 4.26. The SMILES string of the molecule is Cc1cn(C2OC(CO)C(O)C2=CF)c(=O)nc1N. The van der Waals surface area contributed by atoms with Crippen LogP contribution in [0.2, 0.25) is 0 Å². The van der Waals surface area contributed by atoms with Gasteiger partial charge in [0.25, 0.3) is 0 Å². The van der Waals surface area contributed by atoms with Crippen LogP contribution in [-0.4, -0.2) is 38.6 Å². The van der Waals surface area contributed by atoms with Crippen molar-refractivity contribution in [1.29, 1.82) is 0 Å². The summed E-state index contributed by atoms with van der Waals surface area (Å²) >= 11 is 0. The number of ether oxygens (including phenoxy) is 1. The highest BCUT2D eigenvalue weighted by Crippen LogP contribution is 2.33. The second-order valence-electron chi connectivity index (χ2n) is 4.26. The summed E-state index contributed by atoms with van der Waals surface area (Å²) in [5.74, 6) is 0.0734. The van der Waals surface area contributed by atoms with Gasteiger partial charge in [-0.3, -0.25) is 4.57 Å². The van der Waals surface area contributed by atoms with Crippen LogP contribution in [0.3, 0.4) is 0 Å². The molecule has 0 aliphatic carbocycles. The summed E-state index contributed by atoms with van der Waals surface area (Å²) in [6.07, 6.45) is -1.91. The topological polar surface area (TPSA) is 111 Å². The molecule has 2 rings (SSSR count). The zero-order valence-electron chi connectivity index (χ0n) is 10.2. The number of rotatable bonds is 2. The molecule has 1 saturated heterocycles. The van der Waals surface area contributed by atoms with Crippen molar-refractivity contribution in [3.63, 3.8) is 0 Å². The summed E-state index contributed by atoms with van der Waals surface area (Å²) in [5, 5.41) is 18.8. The van der Waals surface area contributed by atoms with Gasteiger partial charge >= 0.3 is 5.69 Å². The summed E-state index contributed by atoms with van der Waals surface area (Å²) in [7, 11) is 0. The average Bonchev–Trinajstić information content (AvgIpc) is 2.70. The van der Waals surface area contributed by atoms with E-state index >= 15 is 0 Å². The number of anilines is 1. The zero-order chi connectivity index (χ0) is 14.2. The monoisotopic (exact) mass is 271 g/mol. The molecule has 3 unspecified atom stereocenters. The normalized spacial score (nSPS) is 29.1. The predicted octanol–water partition coefficient (Wildman–Crippen LogP) is -0.762. The van der Waals surface area contributed by atoms with Crippen LogP contribution in [0, 0.1) is 6.92 Å². The van der Waals surface area contributed by atoms with E-state index in [2.05, 4.69) is 4.98 Å². The molecule has 0 aromatic carbocycles. The molecule has 2 heterocycles. The van der Waals surface area contributed by atoms with Gasteiger partial charge in [-0.05, 0) is 6.92 Å². The molecule has 1 aromatic heterocycles. The van der Waals surface area contributed by atoms with Gasteiger partial charge in [0.15, 0.2) is 6.23 Å². The first-order valence-electron chi connectivity index (χ1n) is 5.59. The molecule has 1 aliphatic rings. The Bertz CT molecular complexity index is 572. The Kier molecular flexibility index (Phi) is 3.65. The van der Waals surface area contributed by atoms with Gasteiger partial charge in [0.05, 0.1) is 12.9 Å². The molecule has 0 bridgehead atoms. The van der Waals surface area contributed by atoms with Crippen LogP contribution in [-0.2, 0) is 4.74 Å². The van der Waals surface area contributed by atoms with Crippen molar-refractivity contribution in [3.8, 4) is 0 Å². The van der Waals surface area contributed by atoms with E-state index in [-0.39, 0.29) is 17.7 Å². The summed E-state index contributed by atoms with van der Waals surface area (Å²) in [4.78, 5) is 15.3. The van der Waals surface area contributed by atoms with E-state index in [0.717, 1.165) is 4.57 Å². The molecular weight excluding hydrogens is 257 g/mol. The average molecular weight is 271 g/mol.